The van der Waals surface area contributed by atoms with Crippen molar-refractivity contribution < 1.29 is 4.79 Å². The summed E-state index contributed by atoms with van der Waals surface area (Å²) in [4.78, 5) is 20.0. The first-order valence-corrected chi connectivity index (χ1v) is 10.2. The van der Waals surface area contributed by atoms with E-state index in [1.165, 1.54) is 11.1 Å². The number of imidazole rings is 1. The maximum atomic E-state index is 12.8. The zero-order chi connectivity index (χ0) is 19.5. The van der Waals surface area contributed by atoms with Crippen molar-refractivity contribution in [2.24, 2.45) is 5.92 Å². The molecule has 1 aromatic heterocycles. The summed E-state index contributed by atoms with van der Waals surface area (Å²) in [6.07, 6.45) is 1.98. The van der Waals surface area contributed by atoms with E-state index in [9.17, 15) is 4.79 Å². The number of nitrogens with one attached hydrogen (secondary N) is 1. The van der Waals surface area contributed by atoms with Crippen LogP contribution in [0.15, 0.2) is 48.5 Å². The molecule has 1 amide bonds. The predicted octanol–water partition coefficient (Wildman–Crippen LogP) is 4.22. The van der Waals surface area contributed by atoms with Gasteiger partial charge in [-0.1, -0.05) is 29.8 Å². The summed E-state index contributed by atoms with van der Waals surface area (Å²) in [5.74, 6) is 1.23. The van der Waals surface area contributed by atoms with E-state index in [-0.39, 0.29) is 11.8 Å². The Labute approximate surface area is 166 Å². The van der Waals surface area contributed by atoms with Crippen LogP contribution in [0.1, 0.15) is 31.2 Å². The number of likely N-dealkylation sites (tertiary alicyclic amines) is 1. The predicted molar refractivity (Wildman–Crippen MR) is 113 cm³/mol. The molecule has 2 aromatic carbocycles. The molecule has 5 heteroatoms. The van der Waals surface area contributed by atoms with Crippen molar-refractivity contribution in [2.45, 2.75) is 39.8 Å². The number of benzene rings is 2. The second-order valence-electron chi connectivity index (χ2n) is 7.69. The third kappa shape index (κ3) is 3.94. The number of amides is 1. The van der Waals surface area contributed by atoms with Crippen molar-refractivity contribution in [2.75, 3.05) is 18.4 Å². The van der Waals surface area contributed by atoms with E-state index in [4.69, 9.17) is 4.98 Å². The van der Waals surface area contributed by atoms with Crippen molar-refractivity contribution in [1.29, 1.82) is 0 Å². The highest BCUT2D eigenvalue weighted by Gasteiger charge is 2.27. The molecule has 3 aromatic rings. The van der Waals surface area contributed by atoms with Crippen LogP contribution in [0, 0.1) is 12.8 Å². The molecule has 5 nitrogen and oxygen atoms in total. The fourth-order valence-corrected chi connectivity index (χ4v) is 4.09. The lowest BCUT2D eigenvalue weighted by Gasteiger charge is -2.31. The minimum atomic E-state index is 0.0227. The third-order valence-corrected chi connectivity index (χ3v) is 5.61. The molecule has 1 aliphatic heterocycles. The Hall–Kier alpha value is -2.66. The minimum Gasteiger partial charge on any atom is -0.327 e. The topological polar surface area (TPSA) is 50.2 Å². The molecule has 0 unspecified atom stereocenters. The van der Waals surface area contributed by atoms with Crippen LogP contribution in [0.4, 0.5) is 5.69 Å². The van der Waals surface area contributed by atoms with Gasteiger partial charge in [0.1, 0.15) is 5.82 Å². The van der Waals surface area contributed by atoms with Crippen molar-refractivity contribution >= 4 is 22.6 Å². The lowest BCUT2D eigenvalue weighted by atomic mass is 9.97. The summed E-state index contributed by atoms with van der Waals surface area (Å²) in [7, 11) is 0. The summed E-state index contributed by atoms with van der Waals surface area (Å²) < 4.78 is 2.28. The number of aryl methyl sites for hydroxylation is 2. The highest BCUT2D eigenvalue weighted by Crippen LogP contribution is 2.22. The Kier molecular flexibility index (Phi) is 5.44. The highest BCUT2D eigenvalue weighted by atomic mass is 16.1. The van der Waals surface area contributed by atoms with Gasteiger partial charge >= 0.3 is 0 Å². The average Bonchev–Trinajstić information content (AvgIpc) is 3.06. The summed E-state index contributed by atoms with van der Waals surface area (Å²) in [6, 6.07) is 16.3. The van der Waals surface area contributed by atoms with Gasteiger partial charge in [0.25, 0.3) is 0 Å². The highest BCUT2D eigenvalue weighted by molar-refractivity contribution is 5.92. The van der Waals surface area contributed by atoms with Gasteiger partial charge in [-0.15, -0.1) is 0 Å². The molecule has 1 fully saturated rings. The van der Waals surface area contributed by atoms with Crippen molar-refractivity contribution in [1.82, 2.24) is 14.5 Å². The Bertz CT molecular complexity index is 960. The lowest BCUT2D eigenvalue weighted by molar-refractivity contribution is -0.121. The molecule has 1 saturated heterocycles. The van der Waals surface area contributed by atoms with Gasteiger partial charge in [0.2, 0.25) is 5.91 Å². The van der Waals surface area contributed by atoms with Gasteiger partial charge in [-0.3, -0.25) is 9.69 Å². The number of anilines is 1. The maximum absolute atomic E-state index is 12.8. The molecule has 28 heavy (non-hydrogen) atoms. The maximum Gasteiger partial charge on any atom is 0.228 e. The smallest absolute Gasteiger partial charge is 0.228 e. The number of nitrogens with zero attached hydrogens (tertiary/aromatic N) is 3. The van der Waals surface area contributed by atoms with E-state index in [0.29, 0.717) is 0 Å². The van der Waals surface area contributed by atoms with Crippen molar-refractivity contribution in [3.8, 4) is 0 Å². The van der Waals surface area contributed by atoms with E-state index < -0.39 is 0 Å². The zero-order valence-electron chi connectivity index (χ0n) is 16.7. The number of rotatable bonds is 5. The molecule has 4 rings (SSSR count). The summed E-state index contributed by atoms with van der Waals surface area (Å²) in [5, 5.41) is 3.08. The Morgan fingerprint density at radius 1 is 1.18 bits per heavy atom. The monoisotopic (exact) mass is 376 g/mol. The number of hydrogen-bond acceptors (Lipinski definition) is 3. The summed E-state index contributed by atoms with van der Waals surface area (Å²) >= 11 is 0. The summed E-state index contributed by atoms with van der Waals surface area (Å²) in [6.45, 7) is 7.70. The van der Waals surface area contributed by atoms with E-state index in [0.717, 1.165) is 56.0 Å². The van der Waals surface area contributed by atoms with Crippen LogP contribution in [-0.2, 0) is 17.9 Å². The number of hydrogen-bond donors (Lipinski definition) is 1. The van der Waals surface area contributed by atoms with Gasteiger partial charge in [-0.2, -0.15) is 0 Å². The number of carbonyl (C=O) groups excluding carboxylic acids is 1. The Balaban J connectivity index is 1.44. The van der Waals surface area contributed by atoms with Crippen LogP contribution in [0.3, 0.4) is 0 Å². The van der Waals surface area contributed by atoms with Crippen LogP contribution in [0.25, 0.3) is 11.0 Å². The summed E-state index contributed by atoms with van der Waals surface area (Å²) in [5.41, 5.74) is 4.30. The molecule has 0 aliphatic carbocycles. The largest absolute Gasteiger partial charge is 0.327 e. The van der Waals surface area contributed by atoms with Crippen LogP contribution in [0.5, 0.6) is 0 Å². The molecule has 2 heterocycles. The van der Waals surface area contributed by atoms with Crippen LogP contribution >= 0.6 is 0 Å². The van der Waals surface area contributed by atoms with Crippen molar-refractivity contribution in [3.63, 3.8) is 0 Å². The molecule has 1 aliphatic rings. The number of carbonyl (C=O) groups is 1. The van der Waals surface area contributed by atoms with Crippen LogP contribution in [0.2, 0.25) is 0 Å². The number of fused-ring (bicyclic) bond motifs is 1. The second kappa shape index (κ2) is 8.15. The second-order valence-corrected chi connectivity index (χ2v) is 7.69. The molecule has 146 valence electrons. The molecular formula is C23H28N4O. The molecule has 0 bridgehead atoms. The van der Waals surface area contributed by atoms with E-state index in [1.807, 2.05) is 37.3 Å². The molecular weight excluding hydrogens is 348 g/mol. The SMILES string of the molecule is CCn1c(CN2CCC[C@H](C(=O)Nc3ccc(C)cc3)C2)nc2ccccc21. The first-order valence-electron chi connectivity index (χ1n) is 10.2. The Morgan fingerprint density at radius 3 is 2.75 bits per heavy atom. The number of piperidine rings is 1. The van der Waals surface area contributed by atoms with Crippen molar-refractivity contribution in [3.05, 3.63) is 59.9 Å². The molecule has 0 saturated carbocycles. The molecule has 1 atom stereocenters. The number of aromatic nitrogens is 2. The first kappa shape index (κ1) is 18.7. The zero-order valence-corrected chi connectivity index (χ0v) is 16.7. The van der Waals surface area contributed by atoms with Crippen LogP contribution < -0.4 is 5.32 Å². The minimum absolute atomic E-state index is 0.0227. The van der Waals surface area contributed by atoms with E-state index in [1.54, 1.807) is 0 Å². The van der Waals surface area contributed by atoms with Gasteiger partial charge in [0.05, 0.1) is 23.5 Å². The van der Waals surface area contributed by atoms with E-state index >= 15 is 0 Å². The molecule has 0 radical (unpaired) electrons. The first-order chi connectivity index (χ1) is 13.6. The van der Waals surface area contributed by atoms with E-state index in [2.05, 4.69) is 39.9 Å². The van der Waals surface area contributed by atoms with Gasteiger partial charge in [-0.25, -0.2) is 4.98 Å². The molecule has 0 spiro atoms. The number of para-hydroxylation sites is 2. The fourth-order valence-electron chi connectivity index (χ4n) is 4.09. The van der Waals surface area contributed by atoms with Gasteiger partial charge < -0.3 is 9.88 Å². The molecule has 1 N–H and O–H groups in total. The lowest BCUT2D eigenvalue weighted by Crippen LogP contribution is -2.40. The standard InChI is InChI=1S/C23H28N4O/c1-3-27-21-9-5-4-8-20(21)25-22(27)16-26-14-6-7-18(15-26)23(28)24-19-12-10-17(2)11-13-19/h4-5,8-13,18H,3,6-7,14-16H2,1-2H3,(H,24,28)/t18-/m0/s1. The average molecular weight is 377 g/mol. The quantitative estimate of drug-likeness (QED) is 0.725. The normalized spacial score (nSPS) is 17.7. The fraction of sp³-hybridized carbons (Fsp3) is 0.391. The van der Waals surface area contributed by atoms with Gasteiger partial charge in [0, 0.05) is 18.8 Å². The Morgan fingerprint density at radius 2 is 1.96 bits per heavy atom. The van der Waals surface area contributed by atoms with Gasteiger partial charge in [-0.05, 0) is 57.5 Å². The van der Waals surface area contributed by atoms with Crippen LogP contribution in [-0.4, -0.2) is 33.4 Å². The third-order valence-electron chi connectivity index (χ3n) is 5.61. The van der Waals surface area contributed by atoms with Gasteiger partial charge in [0.15, 0.2) is 0 Å².